The Kier molecular flexibility index (Phi) is 3.37. The van der Waals surface area contributed by atoms with E-state index in [1.54, 1.807) is 19.1 Å². The van der Waals surface area contributed by atoms with Gasteiger partial charge in [0.15, 0.2) is 0 Å². The molecule has 1 aromatic carbocycles. The summed E-state index contributed by atoms with van der Waals surface area (Å²) in [7, 11) is 0. The molecule has 0 aliphatic heterocycles. The van der Waals surface area contributed by atoms with Crippen molar-refractivity contribution in [3.8, 4) is 6.07 Å². The van der Waals surface area contributed by atoms with Crippen LogP contribution in [0.4, 0.5) is 5.69 Å². The number of aliphatic hydroxyl groups is 1. The summed E-state index contributed by atoms with van der Waals surface area (Å²) in [5, 5.41) is 28.2. The maximum Gasteiger partial charge on any atom is 0.287 e. The van der Waals surface area contributed by atoms with Gasteiger partial charge in [-0.3, -0.25) is 10.1 Å². The predicted octanol–water partition coefficient (Wildman–Crippen LogP) is 1.56. The number of rotatable bonds is 3. The van der Waals surface area contributed by atoms with Crippen LogP contribution < -0.4 is 0 Å². The Morgan fingerprint density at radius 1 is 1.67 bits per heavy atom. The Balaban J connectivity index is 3.23. The first-order chi connectivity index (χ1) is 7.10. The second-order valence-electron chi connectivity index (χ2n) is 3.23. The number of nitro groups is 1. The van der Waals surface area contributed by atoms with E-state index in [1.165, 1.54) is 12.1 Å². The molecule has 5 nitrogen and oxygen atoms in total. The molecule has 0 aromatic heterocycles. The van der Waals surface area contributed by atoms with E-state index in [-0.39, 0.29) is 23.8 Å². The Hall–Kier alpha value is -1.93. The first-order valence-corrected chi connectivity index (χ1v) is 4.39. The SMILES string of the molecule is CC(CO)c1ccc(C#N)c([N+](=O)[O-])c1. The minimum atomic E-state index is -0.591. The number of nitriles is 1. The highest BCUT2D eigenvalue weighted by Gasteiger charge is 2.16. The molecule has 0 amide bonds. The minimum Gasteiger partial charge on any atom is -0.396 e. The molecule has 0 aliphatic rings. The molecular weight excluding hydrogens is 196 g/mol. The molecule has 1 N–H and O–H groups in total. The maximum atomic E-state index is 10.6. The van der Waals surface area contributed by atoms with E-state index in [9.17, 15) is 10.1 Å². The smallest absolute Gasteiger partial charge is 0.287 e. The van der Waals surface area contributed by atoms with Crippen LogP contribution in [-0.4, -0.2) is 16.6 Å². The van der Waals surface area contributed by atoms with Crippen LogP contribution in [0.1, 0.15) is 24.0 Å². The van der Waals surface area contributed by atoms with Crippen LogP contribution in [0.15, 0.2) is 18.2 Å². The summed E-state index contributed by atoms with van der Waals surface area (Å²) in [6, 6.07) is 6.11. The number of nitrogens with zero attached hydrogens (tertiary/aromatic N) is 2. The summed E-state index contributed by atoms with van der Waals surface area (Å²) in [4.78, 5) is 10.0. The number of nitro benzene ring substituents is 1. The third-order valence-electron chi connectivity index (χ3n) is 2.18. The zero-order valence-electron chi connectivity index (χ0n) is 8.17. The molecule has 0 fully saturated rings. The Labute approximate surface area is 86.7 Å². The molecule has 0 bridgehead atoms. The monoisotopic (exact) mass is 206 g/mol. The average Bonchev–Trinajstić information content (AvgIpc) is 2.27. The predicted molar refractivity (Wildman–Crippen MR) is 53.3 cm³/mol. The van der Waals surface area contributed by atoms with Gasteiger partial charge in [0.25, 0.3) is 5.69 Å². The van der Waals surface area contributed by atoms with Gasteiger partial charge >= 0.3 is 0 Å². The molecule has 1 unspecified atom stereocenters. The summed E-state index contributed by atoms with van der Waals surface area (Å²) < 4.78 is 0. The van der Waals surface area contributed by atoms with Crippen molar-refractivity contribution >= 4 is 5.69 Å². The van der Waals surface area contributed by atoms with Crippen LogP contribution >= 0.6 is 0 Å². The summed E-state index contributed by atoms with van der Waals surface area (Å²) in [5.74, 6) is -0.170. The van der Waals surface area contributed by atoms with Crippen molar-refractivity contribution in [2.75, 3.05) is 6.61 Å². The van der Waals surface area contributed by atoms with Crippen molar-refractivity contribution in [1.29, 1.82) is 5.26 Å². The van der Waals surface area contributed by atoms with Gasteiger partial charge in [-0.1, -0.05) is 13.0 Å². The Bertz CT molecular complexity index is 423. The van der Waals surface area contributed by atoms with E-state index in [4.69, 9.17) is 10.4 Å². The normalized spacial score (nSPS) is 11.8. The van der Waals surface area contributed by atoms with E-state index < -0.39 is 4.92 Å². The molecule has 0 heterocycles. The van der Waals surface area contributed by atoms with Gasteiger partial charge in [0.05, 0.1) is 4.92 Å². The average molecular weight is 206 g/mol. The van der Waals surface area contributed by atoms with Crippen LogP contribution in [-0.2, 0) is 0 Å². The van der Waals surface area contributed by atoms with E-state index >= 15 is 0 Å². The maximum absolute atomic E-state index is 10.6. The van der Waals surface area contributed by atoms with E-state index in [2.05, 4.69) is 0 Å². The molecule has 0 spiro atoms. The Morgan fingerprint density at radius 3 is 2.80 bits per heavy atom. The van der Waals surface area contributed by atoms with E-state index in [0.717, 1.165) is 0 Å². The topological polar surface area (TPSA) is 87.2 Å². The fourth-order valence-corrected chi connectivity index (χ4v) is 1.21. The zero-order valence-corrected chi connectivity index (χ0v) is 8.17. The highest BCUT2D eigenvalue weighted by atomic mass is 16.6. The number of hydrogen-bond acceptors (Lipinski definition) is 4. The molecule has 1 aromatic rings. The zero-order chi connectivity index (χ0) is 11.4. The molecule has 15 heavy (non-hydrogen) atoms. The van der Waals surface area contributed by atoms with Crippen molar-refractivity contribution in [3.05, 3.63) is 39.4 Å². The van der Waals surface area contributed by atoms with Crippen LogP contribution in [0.25, 0.3) is 0 Å². The molecule has 0 aliphatic carbocycles. The quantitative estimate of drug-likeness (QED) is 0.600. The second kappa shape index (κ2) is 4.53. The molecule has 78 valence electrons. The number of hydrogen-bond donors (Lipinski definition) is 1. The van der Waals surface area contributed by atoms with E-state index in [0.29, 0.717) is 5.56 Å². The fourth-order valence-electron chi connectivity index (χ4n) is 1.21. The molecule has 0 radical (unpaired) electrons. The van der Waals surface area contributed by atoms with Crippen molar-refractivity contribution in [1.82, 2.24) is 0 Å². The standard InChI is InChI=1S/C10H10N2O3/c1-7(6-13)8-2-3-9(5-11)10(4-8)12(14)15/h2-4,7,13H,6H2,1H3. The number of aliphatic hydroxyl groups excluding tert-OH is 1. The molecule has 0 saturated heterocycles. The molecule has 5 heteroatoms. The van der Waals surface area contributed by atoms with Gasteiger partial charge < -0.3 is 5.11 Å². The van der Waals surface area contributed by atoms with Crippen molar-refractivity contribution in [2.45, 2.75) is 12.8 Å². The van der Waals surface area contributed by atoms with Crippen LogP contribution in [0.2, 0.25) is 0 Å². The van der Waals surface area contributed by atoms with E-state index in [1.807, 2.05) is 0 Å². The van der Waals surface area contributed by atoms with Crippen molar-refractivity contribution in [2.24, 2.45) is 0 Å². The van der Waals surface area contributed by atoms with Gasteiger partial charge in [0.2, 0.25) is 0 Å². The fraction of sp³-hybridized carbons (Fsp3) is 0.300. The highest BCUT2D eigenvalue weighted by molar-refractivity contribution is 5.51. The van der Waals surface area contributed by atoms with Crippen LogP contribution in [0.3, 0.4) is 0 Å². The lowest BCUT2D eigenvalue weighted by atomic mass is 10.00. The summed E-state index contributed by atoms with van der Waals surface area (Å²) in [6.07, 6.45) is 0. The largest absolute Gasteiger partial charge is 0.396 e. The van der Waals surface area contributed by atoms with Crippen LogP contribution in [0.5, 0.6) is 0 Å². The third kappa shape index (κ3) is 2.30. The van der Waals surface area contributed by atoms with Gasteiger partial charge in [0.1, 0.15) is 11.6 Å². The van der Waals surface area contributed by atoms with Gasteiger partial charge in [-0.2, -0.15) is 5.26 Å². The lowest BCUT2D eigenvalue weighted by Gasteiger charge is -2.07. The molecule has 0 saturated carbocycles. The summed E-state index contributed by atoms with van der Waals surface area (Å²) in [5.41, 5.74) is 0.479. The molecule has 1 rings (SSSR count). The van der Waals surface area contributed by atoms with Gasteiger partial charge in [0, 0.05) is 18.6 Å². The minimum absolute atomic E-state index is 0.0360. The number of benzene rings is 1. The molecule has 1 atom stereocenters. The lowest BCUT2D eigenvalue weighted by molar-refractivity contribution is -0.385. The first kappa shape index (κ1) is 11.1. The van der Waals surface area contributed by atoms with Crippen molar-refractivity contribution < 1.29 is 10.0 Å². The molecular formula is C10H10N2O3. The third-order valence-corrected chi connectivity index (χ3v) is 2.18. The van der Waals surface area contributed by atoms with Crippen LogP contribution in [0, 0.1) is 21.4 Å². The van der Waals surface area contributed by atoms with Crippen molar-refractivity contribution in [3.63, 3.8) is 0 Å². The van der Waals surface area contributed by atoms with Gasteiger partial charge in [-0.25, -0.2) is 0 Å². The summed E-state index contributed by atoms with van der Waals surface area (Å²) in [6.45, 7) is 1.67. The second-order valence-corrected chi connectivity index (χ2v) is 3.23. The summed E-state index contributed by atoms with van der Waals surface area (Å²) >= 11 is 0. The Morgan fingerprint density at radius 2 is 2.33 bits per heavy atom. The highest BCUT2D eigenvalue weighted by Crippen LogP contribution is 2.23. The first-order valence-electron chi connectivity index (χ1n) is 4.39. The lowest BCUT2D eigenvalue weighted by Crippen LogP contribution is -2.01. The van der Waals surface area contributed by atoms with Gasteiger partial charge in [-0.15, -0.1) is 0 Å². The van der Waals surface area contributed by atoms with Gasteiger partial charge in [-0.05, 0) is 11.6 Å².